The molecule has 2 N–H and O–H groups in total. The number of carbonyl (C=O) groups excluding carboxylic acids is 1. The number of β-amino-alcohol motifs (C(OH)–C–C–N with tert-alkyl or cyclic N) is 1. The van der Waals surface area contributed by atoms with Crippen molar-refractivity contribution in [2.24, 2.45) is 0 Å². The second-order valence-corrected chi connectivity index (χ2v) is 5.64. The number of benzene rings is 1. The van der Waals surface area contributed by atoms with Crippen molar-refractivity contribution in [2.75, 3.05) is 20.2 Å². The first kappa shape index (κ1) is 18.4. The van der Waals surface area contributed by atoms with Gasteiger partial charge in [0, 0.05) is 20.1 Å². The highest BCUT2D eigenvalue weighted by Gasteiger charge is 2.30. The first-order valence-electron chi connectivity index (χ1n) is 7.77. The van der Waals surface area contributed by atoms with E-state index in [0.29, 0.717) is 26.1 Å². The maximum atomic E-state index is 12.4. The van der Waals surface area contributed by atoms with E-state index >= 15 is 0 Å². The topological polar surface area (TPSA) is 71.0 Å². The number of likely N-dealkylation sites (N-methyl/N-ethyl adjacent to an activating group) is 1. The van der Waals surface area contributed by atoms with Crippen molar-refractivity contribution in [3.05, 3.63) is 23.8 Å². The molecule has 6 nitrogen and oxygen atoms in total. The standard InChI is InChI=1S/C16H22F2N2O4/c1-3-23-14-6-10(4-5-13(14)24-16(17)18)9-20(2)15(22)12-7-11(21)8-19-12/h4-6,11-12,16,19,21H,3,7-9H2,1-2H3. The number of amides is 1. The number of nitrogens with zero attached hydrogens (tertiary/aromatic N) is 1. The first-order chi connectivity index (χ1) is 11.4. The summed E-state index contributed by atoms with van der Waals surface area (Å²) < 4.78 is 34.6. The summed E-state index contributed by atoms with van der Waals surface area (Å²) in [6, 6.07) is 4.20. The fourth-order valence-corrected chi connectivity index (χ4v) is 2.64. The first-order valence-corrected chi connectivity index (χ1v) is 7.77. The van der Waals surface area contributed by atoms with Gasteiger partial charge in [-0.15, -0.1) is 0 Å². The highest BCUT2D eigenvalue weighted by Crippen LogP contribution is 2.30. The minimum Gasteiger partial charge on any atom is -0.490 e. The smallest absolute Gasteiger partial charge is 0.387 e. The predicted molar refractivity (Wildman–Crippen MR) is 83.1 cm³/mol. The second kappa shape index (κ2) is 8.25. The number of hydrogen-bond acceptors (Lipinski definition) is 5. The number of ether oxygens (including phenoxy) is 2. The normalized spacial score (nSPS) is 20.2. The van der Waals surface area contributed by atoms with E-state index in [1.807, 2.05) is 0 Å². The summed E-state index contributed by atoms with van der Waals surface area (Å²) in [5.41, 5.74) is 0.731. The summed E-state index contributed by atoms with van der Waals surface area (Å²) in [4.78, 5) is 13.8. The Kier molecular flexibility index (Phi) is 6.33. The summed E-state index contributed by atoms with van der Waals surface area (Å²) in [6.45, 7) is -0.187. The van der Waals surface area contributed by atoms with Gasteiger partial charge in [0.2, 0.25) is 5.91 Å². The van der Waals surface area contributed by atoms with Gasteiger partial charge in [-0.05, 0) is 31.0 Å². The Morgan fingerprint density at radius 2 is 2.21 bits per heavy atom. The van der Waals surface area contributed by atoms with E-state index in [-0.39, 0.29) is 17.4 Å². The Morgan fingerprint density at radius 1 is 1.46 bits per heavy atom. The molecule has 134 valence electrons. The molecule has 0 saturated carbocycles. The lowest BCUT2D eigenvalue weighted by Gasteiger charge is -2.22. The second-order valence-electron chi connectivity index (χ2n) is 5.64. The van der Waals surface area contributed by atoms with Crippen LogP contribution in [0.2, 0.25) is 0 Å². The number of alkyl halides is 2. The molecule has 1 heterocycles. The number of halogens is 2. The zero-order valence-corrected chi connectivity index (χ0v) is 13.7. The molecule has 0 bridgehead atoms. The van der Waals surface area contributed by atoms with Gasteiger partial charge in [0.05, 0.1) is 18.8 Å². The summed E-state index contributed by atoms with van der Waals surface area (Å²) in [5, 5.41) is 12.5. The van der Waals surface area contributed by atoms with E-state index in [4.69, 9.17) is 4.74 Å². The largest absolute Gasteiger partial charge is 0.490 e. The van der Waals surface area contributed by atoms with E-state index in [1.54, 1.807) is 26.1 Å². The molecule has 0 aliphatic carbocycles. The van der Waals surface area contributed by atoms with E-state index in [0.717, 1.165) is 5.56 Å². The molecule has 0 radical (unpaired) electrons. The molecular weight excluding hydrogens is 322 g/mol. The van der Waals surface area contributed by atoms with Gasteiger partial charge in [0.15, 0.2) is 11.5 Å². The molecule has 24 heavy (non-hydrogen) atoms. The number of aliphatic hydroxyl groups is 1. The van der Waals surface area contributed by atoms with Gasteiger partial charge in [0.1, 0.15) is 0 Å². The van der Waals surface area contributed by atoms with Gasteiger partial charge in [-0.2, -0.15) is 8.78 Å². The number of hydrogen-bond donors (Lipinski definition) is 2. The van der Waals surface area contributed by atoms with Crippen molar-refractivity contribution in [1.29, 1.82) is 0 Å². The molecule has 2 atom stereocenters. The molecule has 2 unspecified atom stereocenters. The van der Waals surface area contributed by atoms with Gasteiger partial charge in [-0.25, -0.2) is 0 Å². The van der Waals surface area contributed by atoms with Crippen molar-refractivity contribution in [2.45, 2.75) is 38.6 Å². The Balaban J connectivity index is 2.05. The highest BCUT2D eigenvalue weighted by atomic mass is 19.3. The summed E-state index contributed by atoms with van der Waals surface area (Å²) in [6.07, 6.45) is -0.128. The third-order valence-electron chi connectivity index (χ3n) is 3.73. The molecular formula is C16H22F2N2O4. The minimum atomic E-state index is -2.93. The molecule has 1 fully saturated rings. The molecule has 0 spiro atoms. The molecule has 1 aliphatic rings. The van der Waals surface area contributed by atoms with Crippen LogP contribution >= 0.6 is 0 Å². The Bertz CT molecular complexity index is 571. The maximum absolute atomic E-state index is 12.4. The lowest BCUT2D eigenvalue weighted by atomic mass is 10.1. The summed E-state index contributed by atoms with van der Waals surface area (Å²) >= 11 is 0. The van der Waals surface area contributed by atoms with Crippen molar-refractivity contribution >= 4 is 5.91 Å². The number of carbonyl (C=O) groups is 1. The Hall–Kier alpha value is -1.93. The SMILES string of the molecule is CCOc1cc(CN(C)C(=O)C2CC(O)CN2)ccc1OC(F)F. The number of rotatable bonds is 7. The predicted octanol–water partition coefficient (Wildman–Crippen LogP) is 1.37. The Morgan fingerprint density at radius 3 is 2.79 bits per heavy atom. The number of nitrogens with one attached hydrogen (secondary N) is 1. The highest BCUT2D eigenvalue weighted by molar-refractivity contribution is 5.82. The average Bonchev–Trinajstić information content (AvgIpc) is 2.95. The van der Waals surface area contributed by atoms with Gasteiger partial charge in [-0.3, -0.25) is 4.79 Å². The van der Waals surface area contributed by atoms with E-state index in [9.17, 15) is 18.7 Å². The van der Waals surface area contributed by atoms with Crippen LogP contribution in [0.4, 0.5) is 8.78 Å². The summed E-state index contributed by atoms with van der Waals surface area (Å²) in [5.74, 6) is 0.0492. The van der Waals surface area contributed by atoms with Gasteiger partial charge < -0.3 is 24.8 Å². The van der Waals surface area contributed by atoms with Gasteiger partial charge in [0.25, 0.3) is 0 Å². The molecule has 2 rings (SSSR count). The summed E-state index contributed by atoms with van der Waals surface area (Å²) in [7, 11) is 1.65. The lowest BCUT2D eigenvalue weighted by Crippen LogP contribution is -2.41. The maximum Gasteiger partial charge on any atom is 0.387 e. The number of aliphatic hydroxyl groups excluding tert-OH is 1. The fraction of sp³-hybridized carbons (Fsp3) is 0.562. The van der Waals surface area contributed by atoms with E-state index in [2.05, 4.69) is 10.1 Å². The molecule has 1 saturated heterocycles. The quantitative estimate of drug-likeness (QED) is 0.782. The van der Waals surface area contributed by atoms with Crippen LogP contribution in [0.1, 0.15) is 18.9 Å². The monoisotopic (exact) mass is 344 g/mol. The third kappa shape index (κ3) is 4.78. The molecule has 1 aliphatic heterocycles. The lowest BCUT2D eigenvalue weighted by molar-refractivity contribution is -0.132. The van der Waals surface area contributed by atoms with Crippen LogP contribution in [0.25, 0.3) is 0 Å². The van der Waals surface area contributed by atoms with Crippen LogP contribution in [0.5, 0.6) is 11.5 Å². The van der Waals surface area contributed by atoms with Gasteiger partial charge >= 0.3 is 6.61 Å². The zero-order chi connectivity index (χ0) is 17.7. The van der Waals surface area contributed by atoms with Crippen LogP contribution in [-0.4, -0.2) is 54.9 Å². The van der Waals surface area contributed by atoms with Crippen LogP contribution in [0, 0.1) is 0 Å². The van der Waals surface area contributed by atoms with Crippen LogP contribution in [-0.2, 0) is 11.3 Å². The zero-order valence-electron chi connectivity index (χ0n) is 13.7. The van der Waals surface area contributed by atoms with Crippen LogP contribution in [0.15, 0.2) is 18.2 Å². The Labute approximate surface area is 139 Å². The van der Waals surface area contributed by atoms with Crippen molar-refractivity contribution in [3.8, 4) is 11.5 Å². The van der Waals surface area contributed by atoms with E-state index < -0.39 is 18.8 Å². The molecule has 1 amide bonds. The van der Waals surface area contributed by atoms with Crippen LogP contribution < -0.4 is 14.8 Å². The average molecular weight is 344 g/mol. The van der Waals surface area contributed by atoms with Crippen molar-refractivity contribution in [1.82, 2.24) is 10.2 Å². The minimum absolute atomic E-state index is 0.0369. The van der Waals surface area contributed by atoms with Crippen molar-refractivity contribution < 1.29 is 28.2 Å². The van der Waals surface area contributed by atoms with Gasteiger partial charge in [-0.1, -0.05) is 6.07 Å². The third-order valence-corrected chi connectivity index (χ3v) is 3.73. The molecule has 0 aromatic heterocycles. The molecule has 8 heteroatoms. The van der Waals surface area contributed by atoms with E-state index in [1.165, 1.54) is 11.0 Å². The molecule has 1 aromatic carbocycles. The van der Waals surface area contributed by atoms with Crippen molar-refractivity contribution in [3.63, 3.8) is 0 Å². The fourth-order valence-electron chi connectivity index (χ4n) is 2.64. The molecule has 1 aromatic rings. The van der Waals surface area contributed by atoms with Crippen LogP contribution in [0.3, 0.4) is 0 Å².